The predicted molar refractivity (Wildman–Crippen MR) is 136 cm³/mol. The van der Waals surface area contributed by atoms with Crippen molar-refractivity contribution in [3.63, 3.8) is 0 Å². The number of carbonyl (C=O) groups excluding carboxylic acids is 1. The fourth-order valence-electron chi connectivity index (χ4n) is 3.18. The number of carbonyl (C=O) groups is 1. The van der Waals surface area contributed by atoms with Crippen molar-refractivity contribution in [2.24, 2.45) is 20.5 Å². The summed E-state index contributed by atoms with van der Waals surface area (Å²) in [5.41, 5.74) is 1.94. The van der Waals surface area contributed by atoms with Crippen LogP contribution in [0.25, 0.3) is 0 Å². The minimum absolute atomic E-state index is 0.203. The van der Waals surface area contributed by atoms with Gasteiger partial charge in [-0.15, -0.1) is 5.11 Å². The third-order valence-electron chi connectivity index (χ3n) is 5.25. The van der Waals surface area contributed by atoms with Crippen molar-refractivity contribution in [3.05, 3.63) is 77.9 Å². The molecule has 0 heterocycles. The Labute approximate surface area is 209 Å². The summed E-state index contributed by atoms with van der Waals surface area (Å²) in [7, 11) is 3.92. The molecule has 3 aromatic rings. The van der Waals surface area contributed by atoms with Crippen LogP contribution in [0, 0.1) is 11.6 Å². The Hall–Kier alpha value is -4.01. The fraction of sp³-hybridized carbons (Fsp3) is 0.296. The average Bonchev–Trinajstić information content (AvgIpc) is 2.87. The van der Waals surface area contributed by atoms with Gasteiger partial charge in [0.05, 0.1) is 29.2 Å². The predicted octanol–water partition coefficient (Wildman–Crippen LogP) is 8.60. The molecular formula is C27H29F2N5O2. The van der Waals surface area contributed by atoms with Gasteiger partial charge in [0, 0.05) is 19.8 Å². The lowest BCUT2D eigenvalue weighted by Crippen LogP contribution is -2.07. The van der Waals surface area contributed by atoms with E-state index in [4.69, 9.17) is 4.74 Å². The number of halogens is 2. The van der Waals surface area contributed by atoms with Crippen LogP contribution in [-0.4, -0.2) is 26.7 Å². The van der Waals surface area contributed by atoms with Crippen molar-refractivity contribution >= 4 is 34.4 Å². The Morgan fingerprint density at radius 1 is 0.778 bits per heavy atom. The van der Waals surface area contributed by atoms with Gasteiger partial charge in [0.2, 0.25) is 0 Å². The zero-order chi connectivity index (χ0) is 25.9. The van der Waals surface area contributed by atoms with Crippen LogP contribution in [0.5, 0.6) is 0 Å². The summed E-state index contributed by atoms with van der Waals surface area (Å²) in [6.07, 6.45) is 3.74. The maximum absolute atomic E-state index is 14.4. The molecule has 0 unspecified atom stereocenters. The summed E-state index contributed by atoms with van der Waals surface area (Å²) in [6.45, 7) is 2.28. The fourth-order valence-corrected chi connectivity index (χ4v) is 3.18. The summed E-state index contributed by atoms with van der Waals surface area (Å²) in [5.74, 6) is -2.77. The Morgan fingerprint density at radius 2 is 1.28 bits per heavy atom. The van der Waals surface area contributed by atoms with Crippen LogP contribution < -0.4 is 4.90 Å². The van der Waals surface area contributed by atoms with Gasteiger partial charge in [-0.2, -0.15) is 15.3 Å². The van der Waals surface area contributed by atoms with Crippen LogP contribution >= 0.6 is 0 Å². The Balaban J connectivity index is 1.61. The van der Waals surface area contributed by atoms with Crippen molar-refractivity contribution in [1.29, 1.82) is 0 Å². The van der Waals surface area contributed by atoms with Gasteiger partial charge in [0.15, 0.2) is 17.3 Å². The highest BCUT2D eigenvalue weighted by Crippen LogP contribution is 2.28. The first-order chi connectivity index (χ1) is 17.4. The third-order valence-corrected chi connectivity index (χ3v) is 5.25. The molecule has 0 aliphatic rings. The van der Waals surface area contributed by atoms with E-state index in [9.17, 15) is 13.6 Å². The Kier molecular flexibility index (Phi) is 9.73. The van der Waals surface area contributed by atoms with E-state index in [1.165, 1.54) is 0 Å². The molecule has 0 amide bonds. The number of nitrogens with zero attached hydrogens (tertiary/aromatic N) is 5. The molecule has 0 aliphatic carbocycles. The zero-order valence-corrected chi connectivity index (χ0v) is 20.6. The van der Waals surface area contributed by atoms with Gasteiger partial charge >= 0.3 is 5.97 Å². The molecule has 0 N–H and O–H groups in total. The van der Waals surface area contributed by atoms with Gasteiger partial charge in [0.1, 0.15) is 0 Å². The molecule has 0 radical (unpaired) electrons. The van der Waals surface area contributed by atoms with Crippen molar-refractivity contribution in [2.75, 3.05) is 25.6 Å². The minimum Gasteiger partial charge on any atom is -0.462 e. The lowest BCUT2D eigenvalue weighted by molar-refractivity contribution is 0.0496. The molecule has 3 rings (SSSR count). The molecule has 36 heavy (non-hydrogen) atoms. The summed E-state index contributed by atoms with van der Waals surface area (Å²) in [5, 5.41) is 15.9. The van der Waals surface area contributed by atoms with E-state index in [1.807, 2.05) is 43.3 Å². The van der Waals surface area contributed by atoms with E-state index < -0.39 is 23.3 Å². The monoisotopic (exact) mass is 493 g/mol. The van der Waals surface area contributed by atoms with Gasteiger partial charge in [-0.3, -0.25) is 0 Å². The van der Waals surface area contributed by atoms with Crippen LogP contribution in [0.1, 0.15) is 43.0 Å². The standard InChI is InChI=1S/C27H29F2N5O2/c1-4-5-6-7-16-36-27(35)19-17-24(28)26(25(29)18-19)33-32-21-10-8-20(9-11-21)30-31-22-12-14-23(15-13-22)34(2)3/h8-15,17-18H,4-7,16H2,1-3H3. The molecule has 7 nitrogen and oxygen atoms in total. The van der Waals surface area contributed by atoms with E-state index in [0.29, 0.717) is 23.5 Å². The molecule has 0 spiro atoms. The highest BCUT2D eigenvalue weighted by atomic mass is 19.1. The normalized spacial score (nSPS) is 11.4. The first kappa shape index (κ1) is 26.6. The first-order valence-electron chi connectivity index (χ1n) is 11.7. The van der Waals surface area contributed by atoms with Crippen molar-refractivity contribution in [2.45, 2.75) is 32.6 Å². The van der Waals surface area contributed by atoms with Crippen molar-refractivity contribution in [3.8, 4) is 0 Å². The zero-order valence-electron chi connectivity index (χ0n) is 20.6. The van der Waals surface area contributed by atoms with Gasteiger partial charge in [-0.1, -0.05) is 26.2 Å². The molecular weight excluding hydrogens is 464 g/mol. The molecule has 0 aliphatic heterocycles. The maximum Gasteiger partial charge on any atom is 0.338 e. The van der Waals surface area contributed by atoms with Gasteiger partial charge < -0.3 is 9.64 Å². The number of hydrogen-bond donors (Lipinski definition) is 0. The lowest BCUT2D eigenvalue weighted by Gasteiger charge is -2.11. The molecule has 0 atom stereocenters. The molecule has 0 aromatic heterocycles. The average molecular weight is 494 g/mol. The second-order valence-corrected chi connectivity index (χ2v) is 8.31. The topological polar surface area (TPSA) is 79.0 Å². The molecule has 0 fully saturated rings. The molecule has 9 heteroatoms. The Bertz CT molecular complexity index is 1190. The van der Waals surface area contributed by atoms with Gasteiger partial charge in [-0.05, 0) is 67.1 Å². The van der Waals surface area contributed by atoms with Crippen molar-refractivity contribution < 1.29 is 18.3 Å². The van der Waals surface area contributed by atoms with Crippen molar-refractivity contribution in [1.82, 2.24) is 0 Å². The number of azo groups is 2. The van der Waals surface area contributed by atoms with E-state index in [0.717, 1.165) is 37.1 Å². The SMILES string of the molecule is CCCCCCOC(=O)c1cc(F)c(N=Nc2ccc(N=Nc3ccc(N(C)C)cc3)cc2)c(F)c1. The van der Waals surface area contributed by atoms with Crippen LogP contribution in [0.4, 0.5) is 37.2 Å². The minimum atomic E-state index is -0.998. The number of benzene rings is 3. The maximum atomic E-state index is 14.4. The molecule has 188 valence electrons. The molecule has 0 saturated carbocycles. The summed E-state index contributed by atoms with van der Waals surface area (Å²) in [4.78, 5) is 14.1. The van der Waals surface area contributed by atoms with E-state index in [2.05, 4.69) is 27.4 Å². The number of ether oxygens (including phenoxy) is 1. The first-order valence-corrected chi connectivity index (χ1v) is 11.7. The van der Waals surface area contributed by atoms with E-state index in [-0.39, 0.29) is 12.2 Å². The number of hydrogen-bond acceptors (Lipinski definition) is 7. The summed E-state index contributed by atoms with van der Waals surface area (Å²) < 4.78 is 33.9. The number of unbranched alkanes of at least 4 members (excludes halogenated alkanes) is 3. The number of rotatable bonds is 11. The summed E-state index contributed by atoms with van der Waals surface area (Å²) in [6, 6.07) is 16.0. The summed E-state index contributed by atoms with van der Waals surface area (Å²) >= 11 is 0. The molecule has 0 saturated heterocycles. The smallest absolute Gasteiger partial charge is 0.338 e. The quantitative estimate of drug-likeness (QED) is 0.152. The highest BCUT2D eigenvalue weighted by molar-refractivity contribution is 5.89. The largest absolute Gasteiger partial charge is 0.462 e. The van der Waals surface area contributed by atoms with Crippen LogP contribution in [-0.2, 0) is 4.74 Å². The van der Waals surface area contributed by atoms with E-state index in [1.54, 1.807) is 24.3 Å². The van der Waals surface area contributed by atoms with Gasteiger partial charge in [-0.25, -0.2) is 13.6 Å². The van der Waals surface area contributed by atoms with E-state index >= 15 is 0 Å². The highest BCUT2D eigenvalue weighted by Gasteiger charge is 2.16. The molecule has 0 bridgehead atoms. The van der Waals surface area contributed by atoms with Crippen LogP contribution in [0.3, 0.4) is 0 Å². The van der Waals surface area contributed by atoms with Crippen LogP contribution in [0.2, 0.25) is 0 Å². The Morgan fingerprint density at radius 3 is 1.78 bits per heavy atom. The number of esters is 1. The second-order valence-electron chi connectivity index (χ2n) is 8.31. The third kappa shape index (κ3) is 7.76. The number of anilines is 1. The lowest BCUT2D eigenvalue weighted by atomic mass is 10.2. The van der Waals surface area contributed by atoms with Gasteiger partial charge in [0.25, 0.3) is 0 Å². The second kappa shape index (κ2) is 13.2. The van der Waals surface area contributed by atoms with Crippen LogP contribution in [0.15, 0.2) is 81.1 Å². The molecule has 3 aromatic carbocycles.